The molecule has 4 N–H and O–H groups in total. The Morgan fingerprint density at radius 1 is 0.692 bits per heavy atom. The molecular weight excluding hydrogens is 376 g/mol. The van der Waals surface area contributed by atoms with E-state index in [1.165, 1.54) is 0 Å². The summed E-state index contributed by atoms with van der Waals surface area (Å²) in [7, 11) is -9.33. The Labute approximate surface area is 109 Å². The molecule has 0 aromatic rings. The fourth-order valence-corrected chi connectivity index (χ4v) is 0. The fraction of sp³-hybridized carbons (Fsp3) is 0. The standard InChI is InChI=1S/Cu.Mn.2H2O4S.Zn/c;;2*1-5(2,3)4;/h;;2*(H2,1,2,3,4);. The van der Waals surface area contributed by atoms with Gasteiger partial charge in [-0.2, -0.15) is 16.8 Å². The van der Waals surface area contributed by atoms with Crippen molar-refractivity contribution in [2.24, 2.45) is 0 Å². The van der Waals surface area contributed by atoms with E-state index >= 15 is 0 Å². The Morgan fingerprint density at radius 2 is 0.692 bits per heavy atom. The number of hydrogen-bond donors (Lipinski definition) is 4. The molecule has 84 valence electrons. The Hall–Kier alpha value is 1.40. The van der Waals surface area contributed by atoms with Crippen LogP contribution >= 0.6 is 0 Å². The third-order valence-electron chi connectivity index (χ3n) is 0. The maximum Gasteiger partial charge on any atom is 0.394 e. The molecule has 0 aromatic heterocycles. The average Bonchev–Trinajstić information content (AvgIpc) is 1.12. The topological polar surface area (TPSA) is 149 Å². The van der Waals surface area contributed by atoms with Gasteiger partial charge in [0, 0.05) is 53.6 Å². The Bertz CT molecular complexity index is 219. The Kier molecular flexibility index (Phi) is 25.8. The van der Waals surface area contributed by atoms with Crippen molar-refractivity contribution in [1.82, 2.24) is 0 Å². The average molecular weight is 380 g/mol. The van der Waals surface area contributed by atoms with Gasteiger partial charge < -0.3 is 0 Å². The van der Waals surface area contributed by atoms with Crippen LogP contribution in [0.5, 0.6) is 0 Å². The smallest absolute Gasteiger partial charge is 0.264 e. The van der Waals surface area contributed by atoms with Crippen molar-refractivity contribution in [2.75, 3.05) is 0 Å². The molecule has 0 atom stereocenters. The van der Waals surface area contributed by atoms with Crippen LogP contribution in [0.2, 0.25) is 0 Å². The molecule has 0 rings (SSSR count). The van der Waals surface area contributed by atoms with Gasteiger partial charge in [0.1, 0.15) is 0 Å². The van der Waals surface area contributed by atoms with E-state index in [1.807, 2.05) is 0 Å². The first-order valence-electron chi connectivity index (χ1n) is 1.40. The molecular formula is H4CuMnO8S2Zn. The molecule has 0 amide bonds. The van der Waals surface area contributed by atoms with E-state index in [0.29, 0.717) is 0 Å². The van der Waals surface area contributed by atoms with Crippen molar-refractivity contribution < 1.29 is 88.7 Å². The fourth-order valence-electron chi connectivity index (χ4n) is 0. The van der Waals surface area contributed by atoms with Crippen LogP contribution in [0, 0.1) is 0 Å². The second-order valence-corrected chi connectivity index (χ2v) is 2.69. The summed E-state index contributed by atoms with van der Waals surface area (Å²) in [6, 6.07) is 0. The van der Waals surface area contributed by atoms with E-state index in [2.05, 4.69) is 0 Å². The van der Waals surface area contributed by atoms with E-state index in [9.17, 15) is 0 Å². The quantitative estimate of drug-likeness (QED) is 0.299. The molecule has 0 aliphatic rings. The second kappa shape index (κ2) is 11.5. The monoisotopic (exact) mass is 378 g/mol. The van der Waals surface area contributed by atoms with Crippen molar-refractivity contribution in [2.45, 2.75) is 0 Å². The minimum atomic E-state index is -4.67. The molecule has 0 fully saturated rings. The van der Waals surface area contributed by atoms with E-state index in [-0.39, 0.29) is 53.6 Å². The minimum absolute atomic E-state index is 0. The van der Waals surface area contributed by atoms with Gasteiger partial charge in [0.05, 0.1) is 0 Å². The Balaban J connectivity index is -0.0000000267. The van der Waals surface area contributed by atoms with Crippen molar-refractivity contribution in [3.63, 3.8) is 0 Å². The molecule has 0 saturated carbocycles. The Morgan fingerprint density at radius 3 is 0.692 bits per heavy atom. The van der Waals surface area contributed by atoms with Crippen LogP contribution in [0.25, 0.3) is 0 Å². The van der Waals surface area contributed by atoms with Crippen molar-refractivity contribution in [1.29, 1.82) is 0 Å². The molecule has 0 spiro atoms. The first-order valence-corrected chi connectivity index (χ1v) is 4.19. The molecule has 0 aliphatic heterocycles. The van der Waals surface area contributed by atoms with Gasteiger partial charge in [-0.15, -0.1) is 0 Å². The van der Waals surface area contributed by atoms with Gasteiger partial charge in [0.25, 0.3) is 0 Å². The van der Waals surface area contributed by atoms with E-state index < -0.39 is 20.8 Å². The van der Waals surface area contributed by atoms with Gasteiger partial charge >= 0.3 is 20.8 Å². The summed E-state index contributed by atoms with van der Waals surface area (Å²) in [5.41, 5.74) is 0. The summed E-state index contributed by atoms with van der Waals surface area (Å²) in [6.45, 7) is 0. The molecule has 13 heavy (non-hydrogen) atoms. The second-order valence-electron chi connectivity index (χ2n) is 0.896. The van der Waals surface area contributed by atoms with Crippen molar-refractivity contribution in [3.05, 3.63) is 0 Å². The van der Waals surface area contributed by atoms with Crippen LogP contribution in [0.15, 0.2) is 0 Å². The molecule has 8 nitrogen and oxygen atoms in total. The summed E-state index contributed by atoms with van der Waals surface area (Å²) < 4.78 is 63.2. The minimum Gasteiger partial charge on any atom is -0.264 e. The zero-order chi connectivity index (χ0) is 9.00. The van der Waals surface area contributed by atoms with Gasteiger partial charge in [-0.3, -0.25) is 18.2 Å². The van der Waals surface area contributed by atoms with Crippen LogP contribution in [0.4, 0.5) is 0 Å². The predicted octanol–water partition coefficient (Wildman–Crippen LogP) is -1.31. The van der Waals surface area contributed by atoms with Gasteiger partial charge in [0.2, 0.25) is 0 Å². The predicted molar refractivity (Wildman–Crippen MR) is 28.4 cm³/mol. The molecule has 0 saturated heterocycles. The molecule has 0 aliphatic carbocycles. The summed E-state index contributed by atoms with van der Waals surface area (Å²) in [4.78, 5) is 0. The number of hydrogen-bond acceptors (Lipinski definition) is 4. The third kappa shape index (κ3) is 886. The maximum atomic E-state index is 8.74. The first-order chi connectivity index (χ1) is 4.00. The normalized spacial score (nSPS) is 8.92. The largest absolute Gasteiger partial charge is 0.394 e. The third-order valence-corrected chi connectivity index (χ3v) is 0. The van der Waals surface area contributed by atoms with E-state index in [0.717, 1.165) is 0 Å². The molecule has 13 heteroatoms. The molecule has 0 bridgehead atoms. The SMILES string of the molecule is O=S(=O)(O)O.O=S(=O)(O)O.[Cu].[Mn].[Zn]. The zero-order valence-corrected chi connectivity index (χ0v) is 12.3. The molecule has 0 aromatic carbocycles. The summed E-state index contributed by atoms with van der Waals surface area (Å²) in [5.74, 6) is 0. The summed E-state index contributed by atoms with van der Waals surface area (Å²) >= 11 is 0. The van der Waals surface area contributed by atoms with Crippen LogP contribution < -0.4 is 0 Å². The van der Waals surface area contributed by atoms with Crippen LogP contribution in [0.1, 0.15) is 0 Å². The maximum absolute atomic E-state index is 8.74. The molecule has 0 unspecified atom stereocenters. The van der Waals surface area contributed by atoms with Gasteiger partial charge in [0.15, 0.2) is 0 Å². The van der Waals surface area contributed by atoms with Gasteiger partial charge in [-0.25, -0.2) is 0 Å². The number of rotatable bonds is 0. The van der Waals surface area contributed by atoms with E-state index in [1.54, 1.807) is 0 Å². The van der Waals surface area contributed by atoms with Gasteiger partial charge in [-0.1, -0.05) is 0 Å². The van der Waals surface area contributed by atoms with Crippen LogP contribution in [0.3, 0.4) is 0 Å². The molecule has 2 radical (unpaired) electrons. The van der Waals surface area contributed by atoms with Crippen LogP contribution in [-0.4, -0.2) is 35.0 Å². The summed E-state index contributed by atoms with van der Waals surface area (Å²) in [5, 5.41) is 0. The zero-order valence-electron chi connectivity index (χ0n) is 5.62. The van der Waals surface area contributed by atoms with Crippen molar-refractivity contribution in [3.8, 4) is 0 Å². The first kappa shape index (κ1) is 29.3. The van der Waals surface area contributed by atoms with Crippen LogP contribution in [-0.2, 0) is 74.4 Å². The van der Waals surface area contributed by atoms with E-state index in [4.69, 9.17) is 35.0 Å². The molecule has 0 heterocycles. The van der Waals surface area contributed by atoms with Gasteiger partial charge in [-0.05, 0) is 0 Å². The summed E-state index contributed by atoms with van der Waals surface area (Å²) in [6.07, 6.45) is 0. The van der Waals surface area contributed by atoms with Crippen molar-refractivity contribution >= 4 is 20.8 Å².